The lowest BCUT2D eigenvalue weighted by atomic mass is 10.1. The van der Waals surface area contributed by atoms with Crippen molar-refractivity contribution in [2.75, 3.05) is 37.2 Å². The molecule has 0 saturated carbocycles. The van der Waals surface area contributed by atoms with E-state index in [-0.39, 0.29) is 5.91 Å². The van der Waals surface area contributed by atoms with Crippen LogP contribution in [0.4, 0.5) is 5.69 Å². The molecule has 1 heterocycles. The van der Waals surface area contributed by atoms with Crippen LogP contribution >= 0.6 is 0 Å². The molecule has 0 aliphatic carbocycles. The first kappa shape index (κ1) is 18.7. The Morgan fingerprint density at radius 1 is 1.21 bits per heavy atom. The predicted octanol–water partition coefficient (Wildman–Crippen LogP) is 1.97. The molecule has 0 bridgehead atoms. The van der Waals surface area contributed by atoms with Crippen LogP contribution in [0.15, 0.2) is 18.2 Å². The van der Waals surface area contributed by atoms with Crippen LogP contribution in [0.5, 0.6) is 0 Å². The van der Waals surface area contributed by atoms with Crippen LogP contribution in [0.3, 0.4) is 0 Å². The molecule has 7 heteroatoms. The minimum atomic E-state index is -3.36. The van der Waals surface area contributed by atoms with Crippen LogP contribution in [0.1, 0.15) is 41.6 Å². The van der Waals surface area contributed by atoms with Gasteiger partial charge in [0.2, 0.25) is 10.0 Å². The average Bonchev–Trinajstić information content (AvgIpc) is 2.53. The van der Waals surface area contributed by atoms with Gasteiger partial charge in [0.1, 0.15) is 0 Å². The van der Waals surface area contributed by atoms with Crippen LogP contribution in [0, 0.1) is 6.92 Å². The molecule has 0 aromatic heterocycles. The average molecular weight is 353 g/mol. The lowest BCUT2D eigenvalue weighted by molar-refractivity contribution is 0.0951. The molecular formula is C17H27N3O3S. The number of aryl methyl sites for hydroxylation is 1. The van der Waals surface area contributed by atoms with Crippen molar-refractivity contribution < 1.29 is 13.2 Å². The lowest BCUT2D eigenvalue weighted by Gasteiger charge is -2.26. The number of hydrogen-bond donors (Lipinski definition) is 2. The minimum absolute atomic E-state index is 0.176. The highest BCUT2D eigenvalue weighted by Crippen LogP contribution is 2.18. The molecule has 1 aromatic rings. The number of nitrogens with one attached hydrogen (secondary N) is 2. The van der Waals surface area contributed by atoms with Gasteiger partial charge in [-0.3, -0.25) is 9.52 Å². The number of benzene rings is 1. The number of piperidine rings is 1. The largest absolute Gasteiger partial charge is 0.352 e. The van der Waals surface area contributed by atoms with E-state index >= 15 is 0 Å². The number of amides is 1. The highest BCUT2D eigenvalue weighted by molar-refractivity contribution is 7.92. The van der Waals surface area contributed by atoms with E-state index in [0.29, 0.717) is 17.8 Å². The van der Waals surface area contributed by atoms with E-state index in [1.54, 1.807) is 25.1 Å². The molecule has 24 heavy (non-hydrogen) atoms. The van der Waals surface area contributed by atoms with Gasteiger partial charge in [0.25, 0.3) is 5.91 Å². The third-order valence-corrected chi connectivity index (χ3v) is 4.77. The molecule has 2 rings (SSSR count). The number of hydrogen-bond acceptors (Lipinski definition) is 4. The summed E-state index contributed by atoms with van der Waals surface area (Å²) in [7, 11) is -3.36. The first-order chi connectivity index (χ1) is 11.3. The van der Waals surface area contributed by atoms with Crippen molar-refractivity contribution >= 4 is 21.6 Å². The molecular weight excluding hydrogens is 326 g/mol. The van der Waals surface area contributed by atoms with Crippen LogP contribution in [0.25, 0.3) is 0 Å². The van der Waals surface area contributed by atoms with Gasteiger partial charge in [-0.1, -0.05) is 12.5 Å². The highest BCUT2D eigenvalue weighted by atomic mass is 32.2. The summed E-state index contributed by atoms with van der Waals surface area (Å²) in [5, 5.41) is 2.91. The fourth-order valence-corrected chi connectivity index (χ4v) is 3.48. The van der Waals surface area contributed by atoms with Crippen LogP contribution in [-0.2, 0) is 10.0 Å². The monoisotopic (exact) mass is 353 g/mol. The van der Waals surface area contributed by atoms with Crippen molar-refractivity contribution in [1.29, 1.82) is 0 Å². The van der Waals surface area contributed by atoms with Crippen molar-refractivity contribution in [3.05, 3.63) is 29.3 Å². The first-order valence-corrected chi connectivity index (χ1v) is 10.3. The van der Waals surface area contributed by atoms with Crippen molar-refractivity contribution in [2.24, 2.45) is 0 Å². The Balaban J connectivity index is 1.84. The molecule has 1 aromatic carbocycles. The van der Waals surface area contributed by atoms with Crippen LogP contribution in [0.2, 0.25) is 0 Å². The van der Waals surface area contributed by atoms with Gasteiger partial charge in [0, 0.05) is 12.1 Å². The van der Waals surface area contributed by atoms with Gasteiger partial charge in [-0.2, -0.15) is 0 Å². The smallest absolute Gasteiger partial charge is 0.251 e. The van der Waals surface area contributed by atoms with Gasteiger partial charge in [0.15, 0.2) is 0 Å². The summed E-state index contributed by atoms with van der Waals surface area (Å²) in [6.45, 7) is 5.75. The maximum absolute atomic E-state index is 12.2. The Morgan fingerprint density at radius 3 is 2.58 bits per heavy atom. The quantitative estimate of drug-likeness (QED) is 0.735. The van der Waals surface area contributed by atoms with Crippen molar-refractivity contribution in [1.82, 2.24) is 10.2 Å². The SMILES string of the molecule is Cc1ccc(C(=O)NCCCN2CCCCC2)cc1NS(C)(=O)=O. The zero-order valence-electron chi connectivity index (χ0n) is 14.5. The fraction of sp³-hybridized carbons (Fsp3) is 0.588. The minimum Gasteiger partial charge on any atom is -0.352 e. The number of nitrogens with zero attached hydrogens (tertiary/aromatic N) is 1. The Kier molecular flexibility index (Phi) is 6.62. The van der Waals surface area contributed by atoms with E-state index in [9.17, 15) is 13.2 Å². The maximum atomic E-state index is 12.2. The molecule has 134 valence electrons. The third kappa shape index (κ3) is 6.13. The van der Waals surface area contributed by atoms with Crippen LogP contribution in [-0.4, -0.2) is 51.7 Å². The van der Waals surface area contributed by atoms with E-state index < -0.39 is 10.0 Å². The second kappa shape index (κ2) is 8.48. The number of anilines is 1. The van der Waals surface area contributed by atoms with Gasteiger partial charge in [-0.15, -0.1) is 0 Å². The lowest BCUT2D eigenvalue weighted by Crippen LogP contribution is -2.33. The van der Waals surface area contributed by atoms with E-state index in [1.165, 1.54) is 19.3 Å². The Labute approximate surface area is 144 Å². The summed E-state index contributed by atoms with van der Waals surface area (Å²) in [4.78, 5) is 14.7. The third-order valence-electron chi connectivity index (χ3n) is 4.18. The number of likely N-dealkylation sites (tertiary alicyclic amines) is 1. The van der Waals surface area contributed by atoms with E-state index in [4.69, 9.17) is 0 Å². The number of carbonyl (C=O) groups excluding carboxylic acids is 1. The van der Waals surface area contributed by atoms with E-state index in [2.05, 4.69) is 14.9 Å². The van der Waals surface area contributed by atoms with Gasteiger partial charge in [-0.25, -0.2) is 8.42 Å². The normalized spacial score (nSPS) is 15.9. The molecule has 1 aliphatic heterocycles. The van der Waals surface area contributed by atoms with Crippen molar-refractivity contribution in [2.45, 2.75) is 32.6 Å². The molecule has 1 aliphatic rings. The van der Waals surface area contributed by atoms with E-state index in [1.807, 2.05) is 0 Å². The number of carbonyl (C=O) groups is 1. The molecule has 2 N–H and O–H groups in total. The molecule has 1 fully saturated rings. The van der Waals surface area contributed by atoms with Gasteiger partial charge in [0.05, 0.1) is 11.9 Å². The number of rotatable bonds is 7. The first-order valence-electron chi connectivity index (χ1n) is 8.44. The van der Waals surface area contributed by atoms with Crippen molar-refractivity contribution in [3.63, 3.8) is 0 Å². The van der Waals surface area contributed by atoms with E-state index in [0.717, 1.165) is 37.9 Å². The summed E-state index contributed by atoms with van der Waals surface area (Å²) in [5.41, 5.74) is 1.69. The van der Waals surface area contributed by atoms with Crippen LogP contribution < -0.4 is 10.0 Å². The molecule has 0 unspecified atom stereocenters. The summed E-state index contributed by atoms with van der Waals surface area (Å²) in [5.74, 6) is -0.176. The zero-order chi connectivity index (χ0) is 17.6. The Hall–Kier alpha value is -1.60. The Bertz CT molecular complexity index is 668. The molecule has 6 nitrogen and oxygen atoms in total. The summed E-state index contributed by atoms with van der Waals surface area (Å²) in [6.07, 6.45) is 5.88. The van der Waals surface area contributed by atoms with Gasteiger partial charge >= 0.3 is 0 Å². The predicted molar refractivity (Wildman–Crippen MR) is 96.9 cm³/mol. The summed E-state index contributed by atoms with van der Waals surface area (Å²) in [6, 6.07) is 5.04. The molecule has 0 atom stereocenters. The fourth-order valence-electron chi connectivity index (χ4n) is 2.86. The summed E-state index contributed by atoms with van der Waals surface area (Å²) < 4.78 is 25.2. The van der Waals surface area contributed by atoms with Gasteiger partial charge in [-0.05, 0) is 63.5 Å². The molecule has 1 saturated heterocycles. The highest BCUT2D eigenvalue weighted by Gasteiger charge is 2.12. The van der Waals surface area contributed by atoms with Crippen molar-refractivity contribution in [3.8, 4) is 0 Å². The van der Waals surface area contributed by atoms with Gasteiger partial charge < -0.3 is 10.2 Å². The number of sulfonamides is 1. The molecule has 0 radical (unpaired) electrons. The topological polar surface area (TPSA) is 78.5 Å². The second-order valence-electron chi connectivity index (χ2n) is 6.42. The molecule has 0 spiro atoms. The Morgan fingerprint density at radius 2 is 1.92 bits per heavy atom. The zero-order valence-corrected chi connectivity index (χ0v) is 15.3. The standard InChI is InChI=1S/C17H27N3O3S/c1-14-7-8-15(13-16(14)19-24(2,22)23)17(21)18-9-6-12-20-10-4-3-5-11-20/h7-8,13,19H,3-6,9-12H2,1-2H3,(H,18,21). The molecule has 1 amide bonds. The summed E-state index contributed by atoms with van der Waals surface area (Å²) >= 11 is 0. The second-order valence-corrected chi connectivity index (χ2v) is 8.16. The maximum Gasteiger partial charge on any atom is 0.251 e.